The molecule has 0 atom stereocenters. The van der Waals surface area contributed by atoms with Crippen molar-refractivity contribution >= 4 is 40.0 Å². The van der Waals surface area contributed by atoms with E-state index in [2.05, 4.69) is 4.98 Å². The molecule has 0 aliphatic rings. The molecule has 2 heterocycles. The minimum atomic E-state index is -0.514. The number of para-hydroxylation sites is 1. The van der Waals surface area contributed by atoms with Gasteiger partial charge in [0.1, 0.15) is 17.3 Å². The first-order chi connectivity index (χ1) is 13.8. The Labute approximate surface area is 171 Å². The van der Waals surface area contributed by atoms with Gasteiger partial charge in [-0.3, -0.25) is 14.5 Å². The summed E-state index contributed by atoms with van der Waals surface area (Å²) in [5, 5.41) is 2.03. The first kappa shape index (κ1) is 20.5. The fourth-order valence-electron chi connectivity index (χ4n) is 2.66. The molecule has 0 N–H and O–H groups in total. The van der Waals surface area contributed by atoms with Gasteiger partial charge in [0.05, 0.1) is 17.9 Å². The Morgan fingerprint density at radius 1 is 1.24 bits per heavy atom. The van der Waals surface area contributed by atoms with E-state index in [1.165, 1.54) is 46.3 Å². The van der Waals surface area contributed by atoms with Gasteiger partial charge in [-0.15, -0.1) is 11.3 Å². The normalized spacial score (nSPS) is 11.0. The summed E-state index contributed by atoms with van der Waals surface area (Å²) in [6, 6.07) is 9.68. The minimum Gasteiger partial charge on any atom is -0.464 e. The number of likely N-dealkylation sites (N-methyl/N-ethyl adjacent to an activating group) is 1. The van der Waals surface area contributed by atoms with Gasteiger partial charge in [-0.25, -0.2) is 9.37 Å². The summed E-state index contributed by atoms with van der Waals surface area (Å²) in [7, 11) is 1.67. The highest BCUT2D eigenvalue weighted by Gasteiger charge is 2.20. The molecule has 29 heavy (non-hydrogen) atoms. The highest BCUT2D eigenvalue weighted by molar-refractivity contribution is 7.14. The average Bonchev–Trinajstić information content (AvgIpc) is 3.30. The molecule has 0 aliphatic heterocycles. The van der Waals surface area contributed by atoms with Crippen molar-refractivity contribution in [1.29, 1.82) is 0 Å². The van der Waals surface area contributed by atoms with E-state index < -0.39 is 5.82 Å². The fourth-order valence-corrected chi connectivity index (χ4v) is 3.51. The maximum absolute atomic E-state index is 14.1. The number of aromatic nitrogens is 1. The van der Waals surface area contributed by atoms with E-state index >= 15 is 0 Å². The predicted octanol–water partition coefficient (Wildman–Crippen LogP) is 4.54. The minimum absolute atomic E-state index is 0.134. The molecule has 3 rings (SSSR count). The second-order valence-electron chi connectivity index (χ2n) is 6.40. The number of amides is 2. The van der Waals surface area contributed by atoms with Crippen molar-refractivity contribution < 1.29 is 18.4 Å². The smallest absolute Gasteiger partial charge is 0.246 e. The number of halogens is 1. The Morgan fingerprint density at radius 3 is 2.66 bits per heavy atom. The van der Waals surface area contributed by atoms with Crippen molar-refractivity contribution in [2.45, 2.75) is 20.4 Å². The summed E-state index contributed by atoms with van der Waals surface area (Å²) in [6.07, 6.45) is 2.96. The summed E-state index contributed by atoms with van der Waals surface area (Å²) in [5.41, 5.74) is 0.637. The Balaban J connectivity index is 1.72. The van der Waals surface area contributed by atoms with Crippen LogP contribution in [0.3, 0.4) is 0 Å². The molecular weight excluding hydrogens is 393 g/mol. The SMILES string of the molecule is CC(=O)N(c1nc(/C=C/C(=O)N(C)Cc2ccc(C)o2)cs1)c1ccccc1F. The van der Waals surface area contributed by atoms with E-state index in [1.54, 1.807) is 30.6 Å². The molecule has 6 nitrogen and oxygen atoms in total. The van der Waals surface area contributed by atoms with Crippen LogP contribution in [0.2, 0.25) is 0 Å². The molecule has 2 aromatic heterocycles. The van der Waals surface area contributed by atoms with Gasteiger partial charge in [0.25, 0.3) is 0 Å². The first-order valence-corrected chi connectivity index (χ1v) is 9.72. The van der Waals surface area contributed by atoms with Gasteiger partial charge in [-0.05, 0) is 37.3 Å². The number of hydrogen-bond acceptors (Lipinski definition) is 5. The lowest BCUT2D eigenvalue weighted by Crippen LogP contribution is -2.24. The molecule has 0 fully saturated rings. The number of aryl methyl sites for hydroxylation is 1. The second kappa shape index (κ2) is 8.83. The number of rotatable bonds is 6. The lowest BCUT2D eigenvalue weighted by atomic mass is 10.3. The number of carbonyl (C=O) groups excluding carboxylic acids is 2. The van der Waals surface area contributed by atoms with Crippen LogP contribution >= 0.6 is 11.3 Å². The fraction of sp³-hybridized carbons (Fsp3) is 0.190. The molecule has 0 bridgehead atoms. The predicted molar refractivity (Wildman–Crippen MR) is 110 cm³/mol. The third kappa shape index (κ3) is 4.97. The summed E-state index contributed by atoms with van der Waals surface area (Å²) in [5.74, 6) is 0.400. The molecule has 0 spiro atoms. The number of carbonyl (C=O) groups is 2. The van der Waals surface area contributed by atoms with E-state index in [1.807, 2.05) is 19.1 Å². The number of furan rings is 1. The maximum Gasteiger partial charge on any atom is 0.246 e. The van der Waals surface area contributed by atoms with E-state index in [0.29, 0.717) is 23.1 Å². The van der Waals surface area contributed by atoms with Crippen LogP contribution in [0.1, 0.15) is 24.1 Å². The summed E-state index contributed by atoms with van der Waals surface area (Å²) in [4.78, 5) is 31.5. The van der Waals surface area contributed by atoms with Crippen LogP contribution in [0.5, 0.6) is 0 Å². The zero-order valence-corrected chi connectivity index (χ0v) is 17.1. The Hall–Kier alpha value is -3.26. The molecule has 0 radical (unpaired) electrons. The van der Waals surface area contributed by atoms with Gasteiger partial charge in [0.2, 0.25) is 11.8 Å². The quantitative estimate of drug-likeness (QED) is 0.557. The molecule has 0 saturated carbocycles. The number of hydrogen-bond donors (Lipinski definition) is 0. The molecule has 0 saturated heterocycles. The van der Waals surface area contributed by atoms with Crippen LogP contribution in [0.25, 0.3) is 6.08 Å². The van der Waals surface area contributed by atoms with Crippen LogP contribution in [-0.2, 0) is 16.1 Å². The van der Waals surface area contributed by atoms with Crippen molar-refractivity contribution in [3.8, 4) is 0 Å². The van der Waals surface area contributed by atoms with Gasteiger partial charge in [-0.2, -0.15) is 0 Å². The molecule has 8 heteroatoms. The largest absolute Gasteiger partial charge is 0.464 e. The Morgan fingerprint density at radius 2 is 2.00 bits per heavy atom. The van der Waals surface area contributed by atoms with Crippen LogP contribution in [0, 0.1) is 12.7 Å². The lowest BCUT2D eigenvalue weighted by molar-refractivity contribution is -0.125. The van der Waals surface area contributed by atoms with Crippen LogP contribution in [-0.4, -0.2) is 28.7 Å². The average molecular weight is 413 g/mol. The standard InChI is InChI=1S/C21H20FN3O3S/c1-14-8-10-17(28-14)12-24(3)20(27)11-9-16-13-29-21(23-16)25(15(2)26)19-7-5-4-6-18(19)22/h4-11,13H,12H2,1-3H3/b11-9+. The Kier molecular flexibility index (Phi) is 6.23. The van der Waals surface area contributed by atoms with E-state index in [4.69, 9.17) is 4.42 Å². The van der Waals surface area contributed by atoms with Crippen molar-refractivity contribution in [3.63, 3.8) is 0 Å². The second-order valence-corrected chi connectivity index (χ2v) is 7.24. The van der Waals surface area contributed by atoms with Crippen LogP contribution in [0.15, 0.2) is 52.3 Å². The molecule has 150 valence electrons. The number of benzene rings is 1. The lowest BCUT2D eigenvalue weighted by Gasteiger charge is -2.18. The highest BCUT2D eigenvalue weighted by atomic mass is 32.1. The molecule has 3 aromatic rings. The number of thiazole rings is 1. The van der Waals surface area contributed by atoms with Gasteiger partial charge in [-0.1, -0.05) is 12.1 Å². The van der Waals surface area contributed by atoms with E-state index in [-0.39, 0.29) is 17.5 Å². The summed E-state index contributed by atoms with van der Waals surface area (Å²) >= 11 is 1.19. The third-order valence-corrected chi connectivity index (χ3v) is 4.92. The summed E-state index contributed by atoms with van der Waals surface area (Å²) in [6.45, 7) is 3.54. The highest BCUT2D eigenvalue weighted by Crippen LogP contribution is 2.31. The first-order valence-electron chi connectivity index (χ1n) is 8.84. The van der Waals surface area contributed by atoms with Crippen LogP contribution < -0.4 is 4.90 Å². The van der Waals surface area contributed by atoms with Crippen molar-refractivity contribution in [2.75, 3.05) is 11.9 Å². The van der Waals surface area contributed by atoms with E-state index in [0.717, 1.165) is 5.76 Å². The van der Waals surface area contributed by atoms with Gasteiger partial charge < -0.3 is 9.32 Å². The van der Waals surface area contributed by atoms with Crippen molar-refractivity contribution in [1.82, 2.24) is 9.88 Å². The zero-order valence-electron chi connectivity index (χ0n) is 16.3. The third-order valence-electron chi connectivity index (χ3n) is 4.07. The van der Waals surface area contributed by atoms with Crippen LogP contribution in [0.4, 0.5) is 15.2 Å². The molecular formula is C21H20FN3O3S. The molecule has 0 unspecified atom stereocenters. The molecule has 2 amide bonds. The zero-order chi connectivity index (χ0) is 21.0. The monoisotopic (exact) mass is 413 g/mol. The number of nitrogens with zero attached hydrogens (tertiary/aromatic N) is 3. The van der Waals surface area contributed by atoms with Gasteiger partial charge in [0, 0.05) is 25.4 Å². The summed E-state index contributed by atoms with van der Waals surface area (Å²) < 4.78 is 19.6. The maximum atomic E-state index is 14.1. The topological polar surface area (TPSA) is 66.7 Å². The van der Waals surface area contributed by atoms with Gasteiger partial charge in [0.15, 0.2) is 5.13 Å². The molecule has 0 aliphatic carbocycles. The molecule has 1 aromatic carbocycles. The van der Waals surface area contributed by atoms with Crippen molar-refractivity contribution in [2.24, 2.45) is 0 Å². The van der Waals surface area contributed by atoms with Gasteiger partial charge >= 0.3 is 0 Å². The van der Waals surface area contributed by atoms with Crippen molar-refractivity contribution in [3.05, 3.63) is 70.9 Å². The number of anilines is 2. The van der Waals surface area contributed by atoms with E-state index in [9.17, 15) is 14.0 Å². The Bertz CT molecular complexity index is 1060.